The second-order valence-electron chi connectivity index (χ2n) is 8.31. The van der Waals surface area contributed by atoms with Gasteiger partial charge in [0.25, 0.3) is 0 Å². The maximum absolute atomic E-state index is 12.6. The van der Waals surface area contributed by atoms with Gasteiger partial charge in [-0.1, -0.05) is 51.1 Å². The second-order valence-corrected chi connectivity index (χ2v) is 9.34. The molecule has 0 unspecified atom stereocenters. The molecule has 1 amide bonds. The highest BCUT2D eigenvalue weighted by Gasteiger charge is 2.25. The number of thiophene rings is 1. The zero-order valence-corrected chi connectivity index (χ0v) is 17.5. The summed E-state index contributed by atoms with van der Waals surface area (Å²) in [6.45, 7) is 9.73. The fourth-order valence-electron chi connectivity index (χ4n) is 3.51. The van der Waals surface area contributed by atoms with E-state index in [0.29, 0.717) is 6.42 Å². The Bertz CT molecular complexity index is 969. The van der Waals surface area contributed by atoms with E-state index in [1.807, 2.05) is 35.2 Å². The third-order valence-corrected chi connectivity index (χ3v) is 6.65. The van der Waals surface area contributed by atoms with Gasteiger partial charge in [-0.3, -0.25) is 4.79 Å². The summed E-state index contributed by atoms with van der Waals surface area (Å²) < 4.78 is 0. The van der Waals surface area contributed by atoms with Crippen molar-refractivity contribution < 1.29 is 4.79 Å². The van der Waals surface area contributed by atoms with E-state index in [1.165, 1.54) is 4.88 Å². The molecule has 5 nitrogen and oxygen atoms in total. The lowest BCUT2D eigenvalue weighted by Crippen LogP contribution is -2.49. The molecule has 1 saturated heterocycles. The minimum absolute atomic E-state index is 0.102. The SMILES string of the molecule is CC(C)(C)c1cc2c(N3CCN(C(=O)Cc4ccccc4)CC3)ncnc2s1. The van der Waals surface area contributed by atoms with Gasteiger partial charge in [0.15, 0.2) is 0 Å². The van der Waals surface area contributed by atoms with Crippen LogP contribution in [0.3, 0.4) is 0 Å². The first-order valence-electron chi connectivity index (χ1n) is 9.73. The van der Waals surface area contributed by atoms with E-state index in [2.05, 4.69) is 41.7 Å². The molecule has 4 rings (SSSR count). The summed E-state index contributed by atoms with van der Waals surface area (Å²) in [4.78, 5) is 28.3. The summed E-state index contributed by atoms with van der Waals surface area (Å²) in [5, 5.41) is 1.13. The van der Waals surface area contributed by atoms with E-state index < -0.39 is 0 Å². The summed E-state index contributed by atoms with van der Waals surface area (Å²) in [6.07, 6.45) is 2.13. The number of rotatable bonds is 3. The van der Waals surface area contributed by atoms with Crippen molar-refractivity contribution >= 4 is 33.3 Å². The van der Waals surface area contributed by atoms with Crippen LogP contribution in [-0.2, 0) is 16.6 Å². The van der Waals surface area contributed by atoms with Crippen LogP contribution in [0.15, 0.2) is 42.7 Å². The lowest BCUT2D eigenvalue weighted by atomic mass is 9.94. The molecule has 1 aliphatic heterocycles. The van der Waals surface area contributed by atoms with Gasteiger partial charge < -0.3 is 9.80 Å². The van der Waals surface area contributed by atoms with Gasteiger partial charge in [-0.15, -0.1) is 11.3 Å². The molecule has 0 spiro atoms. The van der Waals surface area contributed by atoms with Crippen LogP contribution < -0.4 is 4.90 Å². The molecule has 146 valence electrons. The van der Waals surface area contributed by atoms with Crippen LogP contribution in [-0.4, -0.2) is 47.0 Å². The molecule has 2 aromatic heterocycles. The monoisotopic (exact) mass is 394 g/mol. The highest BCUT2D eigenvalue weighted by molar-refractivity contribution is 7.18. The fraction of sp³-hybridized carbons (Fsp3) is 0.409. The first-order chi connectivity index (χ1) is 13.4. The molecular weight excluding hydrogens is 368 g/mol. The summed E-state index contributed by atoms with van der Waals surface area (Å²) in [7, 11) is 0. The second kappa shape index (κ2) is 7.51. The fourth-order valence-corrected chi connectivity index (χ4v) is 4.57. The van der Waals surface area contributed by atoms with Gasteiger partial charge in [-0.2, -0.15) is 0 Å². The Hall–Kier alpha value is -2.47. The smallest absolute Gasteiger partial charge is 0.227 e. The molecule has 3 aromatic rings. The van der Waals surface area contributed by atoms with Crippen LogP contribution in [0.1, 0.15) is 31.2 Å². The van der Waals surface area contributed by atoms with Crippen molar-refractivity contribution in [2.75, 3.05) is 31.1 Å². The van der Waals surface area contributed by atoms with E-state index in [9.17, 15) is 4.79 Å². The number of piperazine rings is 1. The molecule has 3 heterocycles. The van der Waals surface area contributed by atoms with Crippen molar-refractivity contribution in [1.29, 1.82) is 0 Å². The van der Waals surface area contributed by atoms with Crippen molar-refractivity contribution in [3.8, 4) is 0 Å². The molecular formula is C22H26N4OS. The highest BCUT2D eigenvalue weighted by Crippen LogP contribution is 2.36. The van der Waals surface area contributed by atoms with Gasteiger partial charge >= 0.3 is 0 Å². The van der Waals surface area contributed by atoms with Gasteiger partial charge in [0.2, 0.25) is 5.91 Å². The predicted octanol–water partition coefficient (Wildman–Crippen LogP) is 3.88. The average molecular weight is 395 g/mol. The highest BCUT2D eigenvalue weighted by atomic mass is 32.1. The van der Waals surface area contributed by atoms with Crippen LogP contribution >= 0.6 is 11.3 Å². The largest absolute Gasteiger partial charge is 0.352 e. The average Bonchev–Trinajstić information content (AvgIpc) is 3.14. The predicted molar refractivity (Wildman–Crippen MR) is 115 cm³/mol. The Morgan fingerprint density at radius 1 is 1.07 bits per heavy atom. The third-order valence-electron chi connectivity index (χ3n) is 5.18. The number of anilines is 1. The normalized spacial score (nSPS) is 15.2. The van der Waals surface area contributed by atoms with Gasteiger partial charge in [0.05, 0.1) is 11.8 Å². The molecule has 0 N–H and O–H groups in total. The number of benzene rings is 1. The number of hydrogen-bond acceptors (Lipinski definition) is 5. The first-order valence-corrected chi connectivity index (χ1v) is 10.5. The topological polar surface area (TPSA) is 49.3 Å². The molecule has 0 atom stereocenters. The Morgan fingerprint density at radius 3 is 2.46 bits per heavy atom. The quantitative estimate of drug-likeness (QED) is 0.676. The van der Waals surface area contributed by atoms with Crippen molar-refractivity contribution in [1.82, 2.24) is 14.9 Å². The number of fused-ring (bicyclic) bond motifs is 1. The molecule has 0 saturated carbocycles. The lowest BCUT2D eigenvalue weighted by Gasteiger charge is -2.35. The minimum atomic E-state index is 0.102. The molecule has 1 fully saturated rings. The maximum Gasteiger partial charge on any atom is 0.227 e. The standard InChI is InChI=1S/C22H26N4OS/c1-22(2,3)18-14-17-20(23-15-24-21(17)28-18)26-11-9-25(10-12-26)19(27)13-16-7-5-4-6-8-16/h4-8,14-15H,9-13H2,1-3H3. The van der Waals surface area contributed by atoms with Crippen molar-refractivity contribution in [3.05, 3.63) is 53.2 Å². The van der Waals surface area contributed by atoms with Gasteiger partial charge in [0.1, 0.15) is 17.0 Å². The molecule has 6 heteroatoms. The van der Waals surface area contributed by atoms with E-state index in [-0.39, 0.29) is 11.3 Å². The van der Waals surface area contributed by atoms with E-state index >= 15 is 0 Å². The van der Waals surface area contributed by atoms with E-state index in [4.69, 9.17) is 0 Å². The number of carbonyl (C=O) groups is 1. The maximum atomic E-state index is 12.6. The number of nitrogens with zero attached hydrogens (tertiary/aromatic N) is 4. The summed E-state index contributed by atoms with van der Waals surface area (Å²) in [5.41, 5.74) is 1.17. The Morgan fingerprint density at radius 2 is 1.79 bits per heavy atom. The van der Waals surface area contributed by atoms with E-state index in [0.717, 1.165) is 47.8 Å². The Kier molecular flexibility index (Phi) is 5.06. The van der Waals surface area contributed by atoms with Crippen LogP contribution in [0.4, 0.5) is 5.82 Å². The van der Waals surface area contributed by atoms with Gasteiger partial charge in [0, 0.05) is 31.1 Å². The first kappa shape index (κ1) is 18.9. The van der Waals surface area contributed by atoms with Gasteiger partial charge in [-0.05, 0) is 17.0 Å². The minimum Gasteiger partial charge on any atom is -0.352 e. The van der Waals surface area contributed by atoms with Crippen molar-refractivity contribution in [2.45, 2.75) is 32.6 Å². The van der Waals surface area contributed by atoms with Gasteiger partial charge in [-0.25, -0.2) is 9.97 Å². The molecule has 1 aliphatic rings. The Labute approximate surface area is 170 Å². The molecule has 0 bridgehead atoms. The van der Waals surface area contributed by atoms with Crippen molar-refractivity contribution in [3.63, 3.8) is 0 Å². The molecule has 0 aliphatic carbocycles. The van der Waals surface area contributed by atoms with Crippen LogP contribution in [0.2, 0.25) is 0 Å². The molecule has 0 radical (unpaired) electrons. The number of hydrogen-bond donors (Lipinski definition) is 0. The van der Waals surface area contributed by atoms with Crippen LogP contribution in [0.25, 0.3) is 10.2 Å². The molecule has 28 heavy (non-hydrogen) atoms. The lowest BCUT2D eigenvalue weighted by molar-refractivity contribution is -0.130. The third kappa shape index (κ3) is 3.87. The van der Waals surface area contributed by atoms with E-state index in [1.54, 1.807) is 17.7 Å². The van der Waals surface area contributed by atoms with Crippen molar-refractivity contribution in [2.24, 2.45) is 0 Å². The molecule has 1 aromatic carbocycles. The van der Waals surface area contributed by atoms with Crippen LogP contribution in [0.5, 0.6) is 0 Å². The zero-order valence-electron chi connectivity index (χ0n) is 16.7. The Balaban J connectivity index is 1.46. The number of amides is 1. The number of carbonyl (C=O) groups excluding carboxylic acids is 1. The summed E-state index contributed by atoms with van der Waals surface area (Å²) in [6, 6.07) is 12.2. The summed E-state index contributed by atoms with van der Waals surface area (Å²) in [5.74, 6) is 1.19. The zero-order chi connectivity index (χ0) is 19.7. The summed E-state index contributed by atoms with van der Waals surface area (Å²) >= 11 is 1.75. The van der Waals surface area contributed by atoms with Crippen LogP contribution in [0, 0.1) is 0 Å². The number of aromatic nitrogens is 2.